The Kier molecular flexibility index (Phi) is 2.37. The molecule has 1 aromatic rings. The second-order valence-electron chi connectivity index (χ2n) is 3.06. The van der Waals surface area contributed by atoms with Crippen molar-refractivity contribution in [3.05, 3.63) is 36.0 Å². The summed E-state index contributed by atoms with van der Waals surface area (Å²) in [6.07, 6.45) is 2.70. The largest absolute Gasteiger partial charge is 0.489 e. The fourth-order valence-corrected chi connectivity index (χ4v) is 1.33. The molecule has 4 heteroatoms. The van der Waals surface area contributed by atoms with Gasteiger partial charge in [0.25, 0.3) is 0 Å². The Morgan fingerprint density at radius 2 is 2.36 bits per heavy atom. The summed E-state index contributed by atoms with van der Waals surface area (Å²) in [5.74, 6) is 1.07. The van der Waals surface area contributed by atoms with Gasteiger partial charge in [-0.25, -0.2) is 0 Å². The zero-order valence-corrected chi connectivity index (χ0v) is 7.47. The molecule has 0 aromatic carbocycles. The van der Waals surface area contributed by atoms with Gasteiger partial charge in [0.1, 0.15) is 18.1 Å². The van der Waals surface area contributed by atoms with Crippen molar-refractivity contribution in [3.63, 3.8) is 0 Å². The third-order valence-electron chi connectivity index (χ3n) is 2.04. The third kappa shape index (κ3) is 1.70. The van der Waals surface area contributed by atoms with Gasteiger partial charge in [-0.05, 0) is 12.1 Å². The van der Waals surface area contributed by atoms with Gasteiger partial charge in [0.05, 0.1) is 12.7 Å². The molecule has 1 aromatic heterocycles. The summed E-state index contributed by atoms with van der Waals surface area (Å²) >= 11 is 0. The summed E-state index contributed by atoms with van der Waals surface area (Å²) in [4.78, 5) is 11.1. The van der Waals surface area contributed by atoms with Crippen LogP contribution in [0, 0.1) is 0 Å². The van der Waals surface area contributed by atoms with Crippen LogP contribution in [0.25, 0.3) is 0 Å². The first-order chi connectivity index (χ1) is 6.79. The Labute approximate surface area is 80.8 Å². The molecule has 2 rings (SSSR count). The smallest absolute Gasteiger partial charge is 0.162 e. The Bertz CT molecular complexity index is 364. The number of hydrogen-bond acceptors (Lipinski definition) is 4. The number of carbonyl (C=O) groups excluding carboxylic acids is 1. The lowest BCUT2D eigenvalue weighted by Crippen LogP contribution is -2.10. The van der Waals surface area contributed by atoms with E-state index in [1.54, 1.807) is 12.1 Å². The minimum atomic E-state index is -0.354. The molecule has 1 aliphatic heterocycles. The second kappa shape index (κ2) is 3.67. The van der Waals surface area contributed by atoms with E-state index in [1.807, 2.05) is 0 Å². The van der Waals surface area contributed by atoms with Crippen LogP contribution in [0.5, 0.6) is 0 Å². The minimum Gasteiger partial charge on any atom is -0.489 e. The molecule has 1 aliphatic rings. The molecule has 0 saturated carbocycles. The highest BCUT2D eigenvalue weighted by molar-refractivity contribution is 5.90. The predicted octanol–water partition coefficient (Wildman–Crippen LogP) is 1.32. The van der Waals surface area contributed by atoms with Crippen LogP contribution in [0.15, 0.2) is 28.9 Å². The fraction of sp³-hybridized carbons (Fsp3) is 0.300. The van der Waals surface area contributed by atoms with Crippen molar-refractivity contribution in [1.82, 2.24) is 0 Å². The van der Waals surface area contributed by atoms with E-state index in [4.69, 9.17) is 14.3 Å². The lowest BCUT2D eigenvalue weighted by atomic mass is 10.1. The summed E-state index contributed by atoms with van der Waals surface area (Å²) in [5, 5.41) is 8.79. The van der Waals surface area contributed by atoms with Gasteiger partial charge < -0.3 is 14.3 Å². The van der Waals surface area contributed by atoms with E-state index in [9.17, 15) is 4.79 Å². The number of carbonyl (C=O) groups is 1. The van der Waals surface area contributed by atoms with Gasteiger partial charge in [-0.15, -0.1) is 0 Å². The topological polar surface area (TPSA) is 59.7 Å². The average Bonchev–Trinajstić information content (AvgIpc) is 2.66. The minimum absolute atomic E-state index is 0.0169. The summed E-state index contributed by atoms with van der Waals surface area (Å²) in [6.45, 7) is -0.142. The standard InChI is InChI=1S/C10H10O4/c11-6-8-1-2-9(14-8)10-5-7(12)3-4-13-10/h1-4,10-11H,5-6H2. The van der Waals surface area contributed by atoms with Crippen LogP contribution in [0.3, 0.4) is 0 Å². The number of ketones is 1. The van der Waals surface area contributed by atoms with E-state index >= 15 is 0 Å². The fourth-order valence-electron chi connectivity index (χ4n) is 1.33. The monoisotopic (exact) mass is 194 g/mol. The molecule has 0 saturated heterocycles. The summed E-state index contributed by atoms with van der Waals surface area (Å²) in [7, 11) is 0. The lowest BCUT2D eigenvalue weighted by molar-refractivity contribution is -0.118. The van der Waals surface area contributed by atoms with Crippen LogP contribution in [0.4, 0.5) is 0 Å². The zero-order valence-electron chi connectivity index (χ0n) is 7.47. The van der Waals surface area contributed by atoms with Crippen LogP contribution < -0.4 is 0 Å². The third-order valence-corrected chi connectivity index (χ3v) is 2.04. The lowest BCUT2D eigenvalue weighted by Gasteiger charge is -2.15. The number of aliphatic hydroxyl groups is 1. The van der Waals surface area contributed by atoms with Gasteiger partial charge >= 0.3 is 0 Å². The maximum atomic E-state index is 11.1. The number of aliphatic hydroxyl groups excluding tert-OH is 1. The number of allylic oxidation sites excluding steroid dienone is 1. The van der Waals surface area contributed by atoms with Crippen LogP contribution in [0.1, 0.15) is 24.0 Å². The molecular formula is C10H10O4. The summed E-state index contributed by atoms with van der Waals surface area (Å²) in [5.41, 5.74) is 0. The van der Waals surface area contributed by atoms with E-state index < -0.39 is 0 Å². The molecule has 1 N–H and O–H groups in total. The molecule has 2 heterocycles. The van der Waals surface area contributed by atoms with E-state index in [1.165, 1.54) is 12.3 Å². The molecule has 0 spiro atoms. The van der Waals surface area contributed by atoms with Crippen LogP contribution in [-0.2, 0) is 16.1 Å². The van der Waals surface area contributed by atoms with Crippen molar-refractivity contribution in [2.45, 2.75) is 19.1 Å². The number of rotatable bonds is 2. The van der Waals surface area contributed by atoms with Crippen LogP contribution >= 0.6 is 0 Å². The molecule has 0 bridgehead atoms. The van der Waals surface area contributed by atoms with Gasteiger partial charge in [-0.1, -0.05) is 0 Å². The predicted molar refractivity (Wildman–Crippen MR) is 47.2 cm³/mol. The Hall–Kier alpha value is -1.55. The molecule has 14 heavy (non-hydrogen) atoms. The summed E-state index contributed by atoms with van der Waals surface area (Å²) in [6, 6.07) is 3.38. The first-order valence-electron chi connectivity index (χ1n) is 4.34. The SMILES string of the molecule is O=C1C=COC(c2ccc(CO)o2)C1. The van der Waals surface area contributed by atoms with Gasteiger partial charge in [0.2, 0.25) is 0 Å². The number of hydrogen-bond donors (Lipinski definition) is 1. The van der Waals surface area contributed by atoms with Crippen molar-refractivity contribution >= 4 is 5.78 Å². The van der Waals surface area contributed by atoms with E-state index in [2.05, 4.69) is 0 Å². The maximum Gasteiger partial charge on any atom is 0.162 e. The molecule has 0 amide bonds. The zero-order chi connectivity index (χ0) is 9.97. The molecule has 0 fully saturated rings. The van der Waals surface area contributed by atoms with Crippen molar-refractivity contribution < 1.29 is 19.1 Å². The molecule has 74 valence electrons. The van der Waals surface area contributed by atoms with Crippen molar-refractivity contribution in [2.24, 2.45) is 0 Å². The van der Waals surface area contributed by atoms with Crippen molar-refractivity contribution in [3.8, 4) is 0 Å². The van der Waals surface area contributed by atoms with Gasteiger partial charge in [-0.3, -0.25) is 4.79 Å². The second-order valence-corrected chi connectivity index (χ2v) is 3.06. The number of furan rings is 1. The number of ether oxygens (including phenoxy) is 1. The maximum absolute atomic E-state index is 11.1. The van der Waals surface area contributed by atoms with E-state index in [-0.39, 0.29) is 24.9 Å². The molecule has 1 unspecified atom stereocenters. The molecule has 4 nitrogen and oxygen atoms in total. The van der Waals surface area contributed by atoms with Crippen LogP contribution in [0.2, 0.25) is 0 Å². The van der Waals surface area contributed by atoms with Gasteiger partial charge in [0, 0.05) is 6.08 Å². The Balaban J connectivity index is 2.15. The first kappa shape index (κ1) is 9.02. The quantitative estimate of drug-likeness (QED) is 0.771. The molecule has 0 aliphatic carbocycles. The highest BCUT2D eigenvalue weighted by Gasteiger charge is 2.21. The Morgan fingerprint density at radius 3 is 3.00 bits per heavy atom. The molecule has 0 radical (unpaired) electrons. The van der Waals surface area contributed by atoms with Gasteiger partial charge in [0.15, 0.2) is 11.9 Å². The Morgan fingerprint density at radius 1 is 1.50 bits per heavy atom. The van der Waals surface area contributed by atoms with E-state index in [0.717, 1.165) is 0 Å². The van der Waals surface area contributed by atoms with Crippen molar-refractivity contribution in [2.75, 3.05) is 0 Å². The highest BCUT2D eigenvalue weighted by atomic mass is 16.5. The van der Waals surface area contributed by atoms with Crippen LogP contribution in [-0.4, -0.2) is 10.9 Å². The summed E-state index contributed by atoms with van der Waals surface area (Å²) < 4.78 is 10.5. The van der Waals surface area contributed by atoms with Crippen molar-refractivity contribution in [1.29, 1.82) is 0 Å². The normalized spacial score (nSPS) is 20.9. The first-order valence-corrected chi connectivity index (χ1v) is 4.34. The average molecular weight is 194 g/mol. The van der Waals surface area contributed by atoms with Gasteiger partial charge in [-0.2, -0.15) is 0 Å². The molecular weight excluding hydrogens is 184 g/mol. The van der Waals surface area contributed by atoms with E-state index in [0.29, 0.717) is 11.5 Å². The highest BCUT2D eigenvalue weighted by Crippen LogP contribution is 2.26. The molecule has 1 atom stereocenters.